The van der Waals surface area contributed by atoms with E-state index >= 15 is 0 Å². The fraction of sp³-hybridized carbons (Fsp3) is 0.280. The van der Waals surface area contributed by atoms with Gasteiger partial charge in [0.2, 0.25) is 10.0 Å². The van der Waals surface area contributed by atoms with Gasteiger partial charge in [-0.05, 0) is 73.5 Å². The van der Waals surface area contributed by atoms with Gasteiger partial charge in [0.25, 0.3) is 0 Å². The van der Waals surface area contributed by atoms with E-state index in [2.05, 4.69) is 46.5 Å². The van der Waals surface area contributed by atoms with Crippen LogP contribution in [0.25, 0.3) is 16.9 Å². The van der Waals surface area contributed by atoms with Crippen molar-refractivity contribution in [1.29, 1.82) is 0 Å². The van der Waals surface area contributed by atoms with Crippen LogP contribution in [0.2, 0.25) is 0 Å². The van der Waals surface area contributed by atoms with E-state index in [1.54, 1.807) is 6.20 Å². The van der Waals surface area contributed by atoms with Crippen molar-refractivity contribution in [2.75, 3.05) is 26.2 Å². The molecular weight excluding hydrogens is 453 g/mol. The molecule has 0 aliphatic carbocycles. The molecule has 2 aromatic heterocycles. The first kappa shape index (κ1) is 22.6. The molecule has 7 nitrogen and oxygen atoms in total. The van der Waals surface area contributed by atoms with Crippen molar-refractivity contribution in [1.82, 2.24) is 23.7 Å². The Morgan fingerprint density at radius 2 is 1.62 bits per heavy atom. The van der Waals surface area contributed by atoms with Gasteiger partial charge in [0.15, 0.2) is 5.65 Å². The number of pyridine rings is 1. The van der Waals surface area contributed by atoms with Crippen molar-refractivity contribution < 1.29 is 12.8 Å². The molecule has 0 amide bonds. The summed E-state index contributed by atoms with van der Waals surface area (Å²) in [7, 11) is -3.65. The summed E-state index contributed by atoms with van der Waals surface area (Å²) < 4.78 is 42.7. The Bertz CT molecular complexity index is 1420. The highest BCUT2D eigenvalue weighted by Crippen LogP contribution is 2.24. The lowest BCUT2D eigenvalue weighted by Gasteiger charge is -2.33. The minimum Gasteiger partial charge on any atom is -0.293 e. The Morgan fingerprint density at radius 1 is 0.941 bits per heavy atom. The van der Waals surface area contributed by atoms with Crippen molar-refractivity contribution in [3.63, 3.8) is 0 Å². The van der Waals surface area contributed by atoms with Gasteiger partial charge in [0, 0.05) is 38.1 Å². The van der Waals surface area contributed by atoms with Crippen LogP contribution in [0, 0.1) is 19.7 Å². The van der Waals surface area contributed by atoms with Gasteiger partial charge in [0.1, 0.15) is 17.2 Å². The highest BCUT2D eigenvalue weighted by atomic mass is 32.2. The van der Waals surface area contributed by atoms with Gasteiger partial charge in [-0.15, -0.1) is 0 Å². The minimum absolute atomic E-state index is 0.116. The molecule has 0 saturated carbocycles. The smallest absolute Gasteiger partial charge is 0.243 e. The first-order valence-corrected chi connectivity index (χ1v) is 12.6. The average molecular weight is 480 g/mol. The molecule has 3 heterocycles. The van der Waals surface area contributed by atoms with Crippen LogP contribution in [0.4, 0.5) is 4.39 Å². The molecule has 1 aliphatic heterocycles. The topological polar surface area (TPSA) is 71.3 Å². The van der Waals surface area contributed by atoms with Crippen LogP contribution in [0.15, 0.2) is 65.7 Å². The summed E-state index contributed by atoms with van der Waals surface area (Å²) in [5, 5.41) is 0. The van der Waals surface area contributed by atoms with Gasteiger partial charge in [0.05, 0.1) is 11.4 Å². The fourth-order valence-corrected chi connectivity index (χ4v) is 5.92. The molecule has 34 heavy (non-hydrogen) atoms. The molecule has 0 N–H and O–H groups in total. The summed E-state index contributed by atoms with van der Waals surface area (Å²) >= 11 is 0. The summed E-state index contributed by atoms with van der Waals surface area (Å²) in [4.78, 5) is 11.8. The highest BCUT2D eigenvalue weighted by Gasteiger charge is 2.29. The molecule has 0 atom stereocenters. The Balaban J connectivity index is 1.38. The SMILES string of the molecule is Cc1cc(C)cc(-n2c(CN3CCN(S(=O)(=O)c4ccc(F)cc4)CC3)nc3cccnc32)c1. The van der Waals surface area contributed by atoms with E-state index in [0.717, 1.165) is 22.7 Å². The van der Waals surface area contributed by atoms with E-state index in [1.807, 2.05) is 12.1 Å². The Labute approximate surface area is 198 Å². The van der Waals surface area contributed by atoms with Gasteiger partial charge in [-0.25, -0.2) is 22.8 Å². The largest absolute Gasteiger partial charge is 0.293 e. The van der Waals surface area contributed by atoms with Gasteiger partial charge in [-0.1, -0.05) is 6.07 Å². The van der Waals surface area contributed by atoms with Crippen molar-refractivity contribution in [3.8, 4) is 5.69 Å². The normalized spacial score (nSPS) is 15.7. The number of imidazole rings is 1. The van der Waals surface area contributed by atoms with Crippen LogP contribution in [-0.4, -0.2) is 58.3 Å². The number of aryl methyl sites for hydroxylation is 2. The van der Waals surface area contributed by atoms with Crippen LogP contribution < -0.4 is 0 Å². The quantitative estimate of drug-likeness (QED) is 0.437. The minimum atomic E-state index is -3.65. The molecule has 5 rings (SSSR count). The van der Waals surface area contributed by atoms with Crippen LogP contribution in [-0.2, 0) is 16.6 Å². The second kappa shape index (κ2) is 8.90. The van der Waals surface area contributed by atoms with Crippen LogP contribution in [0.5, 0.6) is 0 Å². The van der Waals surface area contributed by atoms with E-state index in [1.165, 1.54) is 39.7 Å². The number of benzene rings is 2. The average Bonchev–Trinajstić information content (AvgIpc) is 3.17. The Kier molecular flexibility index (Phi) is 5.93. The maximum Gasteiger partial charge on any atom is 0.243 e. The number of halogens is 1. The third-order valence-corrected chi connectivity index (χ3v) is 8.01. The zero-order chi connectivity index (χ0) is 23.9. The number of fused-ring (bicyclic) bond motifs is 1. The maximum atomic E-state index is 13.2. The van der Waals surface area contributed by atoms with Gasteiger partial charge >= 0.3 is 0 Å². The second-order valence-corrected chi connectivity index (χ2v) is 10.6. The van der Waals surface area contributed by atoms with Gasteiger partial charge < -0.3 is 0 Å². The van der Waals surface area contributed by atoms with E-state index in [-0.39, 0.29) is 4.90 Å². The molecule has 9 heteroatoms. The zero-order valence-electron chi connectivity index (χ0n) is 19.1. The first-order valence-electron chi connectivity index (χ1n) is 11.2. The standard InChI is InChI=1S/C25H26FN5O2S/c1-18-14-19(2)16-21(15-18)31-24(28-23-4-3-9-27-25(23)31)17-29-10-12-30(13-11-29)34(32,33)22-7-5-20(26)6-8-22/h3-9,14-16H,10-13,17H2,1-2H3. The zero-order valence-corrected chi connectivity index (χ0v) is 20.0. The van der Waals surface area contributed by atoms with Crippen molar-refractivity contribution in [3.05, 3.63) is 83.6 Å². The van der Waals surface area contributed by atoms with Crippen LogP contribution in [0.3, 0.4) is 0 Å². The summed E-state index contributed by atoms with van der Waals surface area (Å²) in [5.74, 6) is 0.415. The molecule has 2 aromatic carbocycles. The van der Waals surface area contributed by atoms with Gasteiger partial charge in [-0.2, -0.15) is 4.31 Å². The summed E-state index contributed by atoms with van der Waals surface area (Å²) in [6.45, 7) is 6.60. The van der Waals surface area contributed by atoms with E-state index in [9.17, 15) is 12.8 Å². The van der Waals surface area contributed by atoms with Crippen LogP contribution >= 0.6 is 0 Å². The maximum absolute atomic E-state index is 13.2. The molecule has 1 saturated heterocycles. The van der Waals surface area contributed by atoms with E-state index in [4.69, 9.17) is 4.98 Å². The highest BCUT2D eigenvalue weighted by molar-refractivity contribution is 7.89. The number of hydrogen-bond donors (Lipinski definition) is 0. The molecule has 0 bridgehead atoms. The Morgan fingerprint density at radius 3 is 2.29 bits per heavy atom. The predicted octanol–water partition coefficient (Wildman–Crippen LogP) is 3.68. The molecule has 176 valence electrons. The Hall–Kier alpha value is -3.14. The number of rotatable bonds is 5. The first-order chi connectivity index (χ1) is 16.3. The number of piperazine rings is 1. The lowest BCUT2D eigenvalue weighted by Crippen LogP contribution is -2.48. The molecule has 0 radical (unpaired) electrons. The molecule has 0 unspecified atom stereocenters. The second-order valence-electron chi connectivity index (χ2n) is 8.69. The van der Waals surface area contributed by atoms with Crippen molar-refractivity contribution >= 4 is 21.2 Å². The third-order valence-electron chi connectivity index (χ3n) is 6.10. The molecule has 1 aliphatic rings. The summed E-state index contributed by atoms with van der Waals surface area (Å²) in [6, 6.07) is 15.2. The number of sulfonamides is 1. The van der Waals surface area contributed by atoms with Crippen LogP contribution in [0.1, 0.15) is 17.0 Å². The monoisotopic (exact) mass is 479 g/mol. The fourth-order valence-electron chi connectivity index (χ4n) is 4.50. The van der Waals surface area contributed by atoms with Crippen molar-refractivity contribution in [2.45, 2.75) is 25.3 Å². The predicted molar refractivity (Wildman–Crippen MR) is 129 cm³/mol. The van der Waals surface area contributed by atoms with Gasteiger partial charge in [-0.3, -0.25) is 9.47 Å². The number of hydrogen-bond acceptors (Lipinski definition) is 5. The third kappa shape index (κ3) is 4.34. The molecular formula is C25H26FN5O2S. The lowest BCUT2D eigenvalue weighted by atomic mass is 10.1. The number of nitrogens with zero attached hydrogens (tertiary/aromatic N) is 5. The number of aromatic nitrogens is 3. The molecule has 4 aromatic rings. The summed E-state index contributed by atoms with van der Waals surface area (Å²) in [6.07, 6.45) is 1.77. The molecule has 1 fully saturated rings. The molecule has 0 spiro atoms. The van der Waals surface area contributed by atoms with E-state index in [0.29, 0.717) is 32.7 Å². The summed E-state index contributed by atoms with van der Waals surface area (Å²) in [5.41, 5.74) is 4.98. The van der Waals surface area contributed by atoms with E-state index < -0.39 is 15.8 Å². The van der Waals surface area contributed by atoms with Crippen molar-refractivity contribution in [2.24, 2.45) is 0 Å². The lowest BCUT2D eigenvalue weighted by molar-refractivity contribution is 0.177.